The lowest BCUT2D eigenvalue weighted by molar-refractivity contribution is -0.117. The number of carbonyl (C=O) groups is 1. The number of amides is 1. The fraction of sp³-hybridized carbons (Fsp3) is 0.600. The second-order valence-electron chi connectivity index (χ2n) is 8.23. The number of benzene rings is 1. The maximum Gasteiger partial charge on any atom is 0.263 e. The van der Waals surface area contributed by atoms with E-state index in [-0.39, 0.29) is 17.5 Å². The molecule has 1 amide bonds. The summed E-state index contributed by atoms with van der Waals surface area (Å²) in [7, 11) is 0. The van der Waals surface area contributed by atoms with Crippen LogP contribution in [0.15, 0.2) is 36.0 Å². The summed E-state index contributed by atoms with van der Waals surface area (Å²) in [6.45, 7) is 2.80. The molecule has 4 heteroatoms. The third kappa shape index (κ3) is 9.17. The monoisotopic (exact) mass is 395 g/mol. The normalized spacial score (nSPS) is 17.4. The average Bonchev–Trinajstić information content (AvgIpc) is 2.71. The predicted molar refractivity (Wildman–Crippen MR) is 119 cm³/mol. The molecule has 1 saturated carbocycles. The highest BCUT2D eigenvalue weighted by Gasteiger charge is 2.16. The minimum Gasteiger partial charge on any atom is -0.389 e. The van der Waals surface area contributed by atoms with Crippen molar-refractivity contribution < 1.29 is 4.79 Å². The molecule has 0 bridgehead atoms. The molecular weight excluding hydrogens is 358 g/mol. The number of carbonyl (C=O) groups excluding carboxylic acids is 1. The molecule has 0 unspecified atom stereocenters. The molecule has 29 heavy (non-hydrogen) atoms. The van der Waals surface area contributed by atoms with Crippen LogP contribution in [0.2, 0.25) is 0 Å². The van der Waals surface area contributed by atoms with Gasteiger partial charge in [0.2, 0.25) is 0 Å². The van der Waals surface area contributed by atoms with Crippen LogP contribution in [0.4, 0.5) is 0 Å². The van der Waals surface area contributed by atoms with Crippen molar-refractivity contribution in [3.63, 3.8) is 0 Å². The van der Waals surface area contributed by atoms with Gasteiger partial charge in [0.15, 0.2) is 0 Å². The van der Waals surface area contributed by atoms with Gasteiger partial charge in [0, 0.05) is 18.8 Å². The van der Waals surface area contributed by atoms with Gasteiger partial charge in [-0.3, -0.25) is 4.79 Å². The highest BCUT2D eigenvalue weighted by atomic mass is 16.1. The van der Waals surface area contributed by atoms with Gasteiger partial charge >= 0.3 is 0 Å². The summed E-state index contributed by atoms with van der Waals surface area (Å²) in [6.07, 6.45) is 15.9. The van der Waals surface area contributed by atoms with E-state index in [1.54, 1.807) is 6.20 Å². The molecule has 0 heterocycles. The molecule has 2 rings (SSSR count). The summed E-state index contributed by atoms with van der Waals surface area (Å²) in [5.74, 6) is -0.243. The lowest BCUT2D eigenvalue weighted by Crippen LogP contribution is -2.36. The summed E-state index contributed by atoms with van der Waals surface area (Å²) in [6, 6.07) is 10.5. The van der Waals surface area contributed by atoms with Crippen LogP contribution in [-0.2, 0) is 11.2 Å². The van der Waals surface area contributed by atoms with Crippen molar-refractivity contribution in [2.24, 2.45) is 0 Å². The molecule has 1 aromatic rings. The van der Waals surface area contributed by atoms with Gasteiger partial charge in [0.25, 0.3) is 5.91 Å². The number of nitrogens with zero attached hydrogens (tertiary/aromatic N) is 1. The molecule has 0 radical (unpaired) electrons. The van der Waals surface area contributed by atoms with Gasteiger partial charge in [0.05, 0.1) is 0 Å². The first kappa shape index (κ1) is 23.0. The highest BCUT2D eigenvalue weighted by molar-refractivity contribution is 5.97. The first-order valence-electron chi connectivity index (χ1n) is 11.4. The van der Waals surface area contributed by atoms with Gasteiger partial charge < -0.3 is 10.6 Å². The van der Waals surface area contributed by atoms with E-state index in [1.165, 1.54) is 56.1 Å². The SMILES string of the molecule is Cc1ccccc1CCN/C=C(/C#N)C(=O)NC1CCCCCCCCCCC1. The van der Waals surface area contributed by atoms with Gasteiger partial charge in [-0.15, -0.1) is 0 Å². The molecular formula is C25H37N3O. The van der Waals surface area contributed by atoms with Crippen LogP contribution in [0.1, 0.15) is 81.8 Å². The first-order chi connectivity index (χ1) is 14.2. The number of rotatable bonds is 6. The fourth-order valence-corrected chi connectivity index (χ4v) is 3.99. The molecule has 0 atom stereocenters. The molecule has 158 valence electrons. The minimum absolute atomic E-state index is 0.167. The van der Waals surface area contributed by atoms with Crippen molar-refractivity contribution in [3.8, 4) is 6.07 Å². The molecule has 4 nitrogen and oxygen atoms in total. The van der Waals surface area contributed by atoms with Crippen molar-refractivity contribution in [2.75, 3.05) is 6.54 Å². The lowest BCUT2D eigenvalue weighted by atomic mass is 9.98. The maximum absolute atomic E-state index is 12.6. The van der Waals surface area contributed by atoms with E-state index in [0.29, 0.717) is 6.54 Å². The predicted octanol–water partition coefficient (Wildman–Crippen LogP) is 5.32. The Morgan fingerprint density at radius 1 is 1.03 bits per heavy atom. The zero-order valence-electron chi connectivity index (χ0n) is 18.0. The van der Waals surface area contributed by atoms with E-state index in [1.807, 2.05) is 12.1 Å². The van der Waals surface area contributed by atoms with Crippen molar-refractivity contribution in [2.45, 2.75) is 90.0 Å². The van der Waals surface area contributed by atoms with E-state index in [9.17, 15) is 10.1 Å². The Kier molecular flexibility index (Phi) is 11.0. The summed E-state index contributed by atoms with van der Waals surface area (Å²) in [4.78, 5) is 12.6. The lowest BCUT2D eigenvalue weighted by Gasteiger charge is -2.19. The number of aryl methyl sites for hydroxylation is 1. The van der Waals surface area contributed by atoms with E-state index in [4.69, 9.17) is 0 Å². The fourth-order valence-electron chi connectivity index (χ4n) is 3.99. The molecule has 0 saturated heterocycles. The first-order valence-corrected chi connectivity index (χ1v) is 11.4. The summed E-state index contributed by atoms with van der Waals surface area (Å²) in [5.41, 5.74) is 2.71. The van der Waals surface area contributed by atoms with Gasteiger partial charge in [-0.2, -0.15) is 5.26 Å². The zero-order chi connectivity index (χ0) is 20.7. The van der Waals surface area contributed by atoms with Crippen molar-refractivity contribution >= 4 is 5.91 Å². The molecule has 0 aromatic heterocycles. The number of nitrogens with one attached hydrogen (secondary N) is 2. The zero-order valence-corrected chi connectivity index (χ0v) is 18.0. The van der Waals surface area contributed by atoms with Crippen LogP contribution in [0.5, 0.6) is 0 Å². The van der Waals surface area contributed by atoms with Gasteiger partial charge in [-0.05, 0) is 37.3 Å². The van der Waals surface area contributed by atoms with Crippen LogP contribution >= 0.6 is 0 Å². The summed E-state index contributed by atoms with van der Waals surface area (Å²) in [5, 5.41) is 15.7. The largest absolute Gasteiger partial charge is 0.389 e. The Morgan fingerprint density at radius 2 is 1.62 bits per heavy atom. The van der Waals surface area contributed by atoms with E-state index in [2.05, 4.69) is 35.8 Å². The molecule has 1 aliphatic carbocycles. The molecule has 2 N–H and O–H groups in total. The Hall–Kier alpha value is -2.28. The van der Waals surface area contributed by atoms with Crippen LogP contribution in [-0.4, -0.2) is 18.5 Å². The average molecular weight is 396 g/mol. The van der Waals surface area contributed by atoms with Crippen LogP contribution in [0, 0.1) is 18.3 Å². The molecule has 1 aromatic carbocycles. The Morgan fingerprint density at radius 3 is 2.21 bits per heavy atom. The molecule has 0 aliphatic heterocycles. The van der Waals surface area contributed by atoms with Crippen molar-refractivity contribution in [1.82, 2.24) is 10.6 Å². The summed E-state index contributed by atoms with van der Waals surface area (Å²) < 4.78 is 0. The van der Waals surface area contributed by atoms with Crippen LogP contribution in [0.3, 0.4) is 0 Å². The van der Waals surface area contributed by atoms with Gasteiger partial charge in [-0.1, -0.05) is 82.1 Å². The smallest absolute Gasteiger partial charge is 0.263 e. The Labute approximate surface area is 176 Å². The maximum atomic E-state index is 12.6. The second-order valence-corrected chi connectivity index (χ2v) is 8.23. The van der Waals surface area contributed by atoms with Crippen LogP contribution < -0.4 is 10.6 Å². The standard InChI is InChI=1S/C25H37N3O/c1-21-13-11-12-14-22(21)17-18-27-20-23(19-26)25(29)28-24-15-9-7-5-3-2-4-6-8-10-16-24/h11-14,20,24,27H,2-10,15-18H2,1H3,(H,28,29)/b23-20-. The highest BCUT2D eigenvalue weighted by Crippen LogP contribution is 2.17. The second kappa shape index (κ2) is 13.8. The molecule has 1 fully saturated rings. The van der Waals surface area contributed by atoms with Gasteiger partial charge in [0.1, 0.15) is 11.6 Å². The van der Waals surface area contributed by atoms with E-state index >= 15 is 0 Å². The third-order valence-electron chi connectivity index (χ3n) is 5.85. The van der Waals surface area contributed by atoms with E-state index in [0.717, 1.165) is 32.1 Å². The van der Waals surface area contributed by atoms with Crippen molar-refractivity contribution in [1.29, 1.82) is 5.26 Å². The minimum atomic E-state index is -0.243. The Bertz CT molecular complexity index is 678. The number of nitriles is 1. The summed E-state index contributed by atoms with van der Waals surface area (Å²) >= 11 is 0. The van der Waals surface area contributed by atoms with Gasteiger partial charge in [-0.25, -0.2) is 0 Å². The number of hydrogen-bond donors (Lipinski definition) is 2. The molecule has 0 spiro atoms. The molecule has 1 aliphatic rings. The number of hydrogen-bond acceptors (Lipinski definition) is 3. The van der Waals surface area contributed by atoms with E-state index < -0.39 is 0 Å². The van der Waals surface area contributed by atoms with Crippen molar-refractivity contribution in [3.05, 3.63) is 47.2 Å². The quantitative estimate of drug-likeness (QED) is 0.389. The van der Waals surface area contributed by atoms with Crippen LogP contribution in [0.25, 0.3) is 0 Å². The third-order valence-corrected chi connectivity index (χ3v) is 5.85. The Balaban J connectivity index is 1.81. The topological polar surface area (TPSA) is 64.9 Å².